The number of nitrogens with two attached hydrogens (primary N) is 1. The minimum atomic E-state index is -0.439. The Kier molecular flexibility index (Phi) is 4.11. The molecule has 2 atom stereocenters. The van der Waals surface area contributed by atoms with Crippen molar-refractivity contribution in [3.05, 3.63) is 17.4 Å². The van der Waals surface area contributed by atoms with Crippen LogP contribution in [0.2, 0.25) is 5.02 Å². The van der Waals surface area contributed by atoms with Gasteiger partial charge in [-0.25, -0.2) is 0 Å². The highest BCUT2D eigenvalue weighted by atomic mass is 35.5. The SMILES string of the molecule is CCNC(C(N)=O)C(C)n1cc(Cl)cn1. The van der Waals surface area contributed by atoms with Crippen LogP contribution in [0.1, 0.15) is 19.9 Å². The van der Waals surface area contributed by atoms with Crippen LogP contribution in [0, 0.1) is 0 Å². The fraction of sp³-hybridized carbons (Fsp3) is 0.556. The summed E-state index contributed by atoms with van der Waals surface area (Å²) in [6.07, 6.45) is 3.20. The molecule has 1 heterocycles. The van der Waals surface area contributed by atoms with Crippen LogP contribution in [0.4, 0.5) is 0 Å². The molecule has 0 fully saturated rings. The number of aromatic nitrogens is 2. The second-order valence-corrected chi connectivity index (χ2v) is 3.75. The first-order valence-electron chi connectivity index (χ1n) is 4.78. The van der Waals surface area contributed by atoms with Crippen molar-refractivity contribution in [2.24, 2.45) is 5.73 Å². The molecule has 0 saturated heterocycles. The lowest BCUT2D eigenvalue weighted by Gasteiger charge is -2.21. The Morgan fingerprint density at radius 3 is 2.87 bits per heavy atom. The molecule has 1 aromatic rings. The zero-order chi connectivity index (χ0) is 11.4. The van der Waals surface area contributed by atoms with E-state index in [9.17, 15) is 4.79 Å². The number of nitrogens with zero attached hydrogens (tertiary/aromatic N) is 2. The molecule has 1 aromatic heterocycles. The number of nitrogens with one attached hydrogen (secondary N) is 1. The first-order chi connectivity index (χ1) is 7.06. The molecule has 0 aromatic carbocycles. The molecule has 0 radical (unpaired) electrons. The minimum Gasteiger partial charge on any atom is -0.368 e. The van der Waals surface area contributed by atoms with Gasteiger partial charge in [0.05, 0.1) is 17.3 Å². The fourth-order valence-corrected chi connectivity index (χ4v) is 1.56. The molecule has 6 heteroatoms. The van der Waals surface area contributed by atoms with E-state index < -0.39 is 11.9 Å². The van der Waals surface area contributed by atoms with Crippen molar-refractivity contribution < 1.29 is 4.79 Å². The van der Waals surface area contributed by atoms with Gasteiger partial charge >= 0.3 is 0 Å². The Labute approximate surface area is 93.6 Å². The van der Waals surface area contributed by atoms with Crippen LogP contribution in [0.15, 0.2) is 12.4 Å². The zero-order valence-corrected chi connectivity index (χ0v) is 9.53. The van der Waals surface area contributed by atoms with Crippen molar-refractivity contribution in [1.82, 2.24) is 15.1 Å². The predicted molar refractivity (Wildman–Crippen MR) is 58.6 cm³/mol. The number of likely N-dealkylation sites (N-methyl/N-ethyl adjacent to an activating group) is 1. The number of hydrogen-bond donors (Lipinski definition) is 2. The standard InChI is InChI=1S/C9H15ClN4O/c1-3-12-8(9(11)15)6(2)14-5-7(10)4-13-14/h4-6,8,12H,3H2,1-2H3,(H2,11,15). The molecule has 0 aliphatic rings. The third-order valence-corrected chi connectivity index (χ3v) is 2.40. The maximum absolute atomic E-state index is 11.2. The number of rotatable bonds is 5. The summed E-state index contributed by atoms with van der Waals surface area (Å²) in [7, 11) is 0. The molecule has 5 nitrogen and oxygen atoms in total. The predicted octanol–water partition coefficient (Wildman–Crippen LogP) is 0.561. The number of hydrogen-bond acceptors (Lipinski definition) is 3. The summed E-state index contributed by atoms with van der Waals surface area (Å²) in [6.45, 7) is 4.45. The molecule has 0 aliphatic heterocycles. The van der Waals surface area contributed by atoms with Crippen molar-refractivity contribution in [3.8, 4) is 0 Å². The summed E-state index contributed by atoms with van der Waals surface area (Å²) in [5.41, 5.74) is 5.29. The highest BCUT2D eigenvalue weighted by molar-refractivity contribution is 6.30. The summed E-state index contributed by atoms with van der Waals surface area (Å²) in [6, 6.07) is -0.596. The Morgan fingerprint density at radius 2 is 2.47 bits per heavy atom. The summed E-state index contributed by atoms with van der Waals surface area (Å²) in [4.78, 5) is 11.2. The summed E-state index contributed by atoms with van der Waals surface area (Å²) in [5, 5.41) is 7.59. The second-order valence-electron chi connectivity index (χ2n) is 3.32. The third-order valence-electron chi connectivity index (χ3n) is 2.20. The molecule has 2 unspecified atom stereocenters. The number of halogens is 1. The van der Waals surface area contributed by atoms with Crippen LogP contribution in [-0.2, 0) is 4.79 Å². The van der Waals surface area contributed by atoms with E-state index in [1.54, 1.807) is 10.9 Å². The minimum absolute atomic E-state index is 0.157. The number of primary amides is 1. The van der Waals surface area contributed by atoms with Crippen LogP contribution in [0.5, 0.6) is 0 Å². The largest absolute Gasteiger partial charge is 0.368 e. The van der Waals surface area contributed by atoms with Crippen molar-refractivity contribution in [1.29, 1.82) is 0 Å². The molecule has 0 bridgehead atoms. The summed E-state index contributed by atoms with van der Waals surface area (Å²) >= 11 is 5.75. The van der Waals surface area contributed by atoms with Gasteiger partial charge in [-0.15, -0.1) is 0 Å². The quantitative estimate of drug-likeness (QED) is 0.777. The van der Waals surface area contributed by atoms with E-state index in [4.69, 9.17) is 17.3 Å². The molecular formula is C9H15ClN4O. The molecule has 0 saturated carbocycles. The molecule has 1 amide bonds. The third kappa shape index (κ3) is 2.94. The van der Waals surface area contributed by atoms with Gasteiger partial charge in [-0.05, 0) is 13.5 Å². The molecule has 84 valence electrons. The molecule has 15 heavy (non-hydrogen) atoms. The van der Waals surface area contributed by atoms with E-state index >= 15 is 0 Å². The lowest BCUT2D eigenvalue weighted by molar-refractivity contribution is -0.121. The number of amides is 1. The Hall–Kier alpha value is -1.07. The fourth-order valence-electron chi connectivity index (χ4n) is 1.42. The Balaban J connectivity index is 2.80. The van der Waals surface area contributed by atoms with Gasteiger partial charge in [0, 0.05) is 6.20 Å². The lowest BCUT2D eigenvalue weighted by Crippen LogP contribution is -2.46. The van der Waals surface area contributed by atoms with Crippen molar-refractivity contribution in [2.45, 2.75) is 25.9 Å². The van der Waals surface area contributed by atoms with Gasteiger partial charge in [0.15, 0.2) is 0 Å². The van der Waals surface area contributed by atoms with Crippen molar-refractivity contribution in [2.75, 3.05) is 6.54 Å². The maximum atomic E-state index is 11.2. The number of carbonyl (C=O) groups is 1. The van der Waals surface area contributed by atoms with E-state index in [0.29, 0.717) is 11.6 Å². The second kappa shape index (κ2) is 5.14. The van der Waals surface area contributed by atoms with E-state index in [0.717, 1.165) is 0 Å². The molecule has 3 N–H and O–H groups in total. The van der Waals surface area contributed by atoms with E-state index in [-0.39, 0.29) is 6.04 Å². The van der Waals surface area contributed by atoms with Gasteiger partial charge in [-0.1, -0.05) is 18.5 Å². The molecule has 0 aliphatic carbocycles. The normalized spacial score (nSPS) is 14.9. The Bertz CT molecular complexity index is 339. The van der Waals surface area contributed by atoms with Gasteiger partial charge < -0.3 is 11.1 Å². The first-order valence-corrected chi connectivity index (χ1v) is 5.16. The average Bonchev–Trinajstić information content (AvgIpc) is 2.59. The van der Waals surface area contributed by atoms with Gasteiger partial charge in [0.1, 0.15) is 6.04 Å². The topological polar surface area (TPSA) is 72.9 Å². The van der Waals surface area contributed by atoms with Crippen LogP contribution in [0.25, 0.3) is 0 Å². The van der Waals surface area contributed by atoms with Crippen LogP contribution in [0.3, 0.4) is 0 Å². The highest BCUT2D eigenvalue weighted by Crippen LogP contribution is 2.13. The van der Waals surface area contributed by atoms with Crippen molar-refractivity contribution >= 4 is 17.5 Å². The molecular weight excluding hydrogens is 216 g/mol. The lowest BCUT2D eigenvalue weighted by atomic mass is 10.1. The monoisotopic (exact) mass is 230 g/mol. The van der Waals surface area contributed by atoms with E-state index in [1.807, 2.05) is 13.8 Å². The van der Waals surface area contributed by atoms with Crippen LogP contribution >= 0.6 is 11.6 Å². The maximum Gasteiger partial charge on any atom is 0.236 e. The van der Waals surface area contributed by atoms with Gasteiger partial charge in [-0.2, -0.15) is 5.10 Å². The van der Waals surface area contributed by atoms with Crippen molar-refractivity contribution in [3.63, 3.8) is 0 Å². The molecule has 0 spiro atoms. The summed E-state index contributed by atoms with van der Waals surface area (Å²) < 4.78 is 1.63. The van der Waals surface area contributed by atoms with Gasteiger partial charge in [0.2, 0.25) is 5.91 Å². The van der Waals surface area contributed by atoms with Gasteiger partial charge in [0.25, 0.3) is 0 Å². The van der Waals surface area contributed by atoms with Gasteiger partial charge in [-0.3, -0.25) is 9.48 Å². The van der Waals surface area contributed by atoms with E-state index in [1.165, 1.54) is 6.20 Å². The number of carbonyl (C=O) groups excluding carboxylic acids is 1. The molecule has 1 rings (SSSR count). The Morgan fingerprint density at radius 1 is 1.80 bits per heavy atom. The van der Waals surface area contributed by atoms with Crippen LogP contribution in [-0.4, -0.2) is 28.3 Å². The zero-order valence-electron chi connectivity index (χ0n) is 8.77. The highest BCUT2D eigenvalue weighted by Gasteiger charge is 2.23. The van der Waals surface area contributed by atoms with Crippen LogP contribution < -0.4 is 11.1 Å². The first kappa shape index (κ1) is 12.0. The summed E-state index contributed by atoms with van der Waals surface area (Å²) in [5.74, 6) is -0.393. The van der Waals surface area contributed by atoms with E-state index in [2.05, 4.69) is 10.4 Å². The smallest absolute Gasteiger partial charge is 0.236 e. The average molecular weight is 231 g/mol.